The Morgan fingerprint density at radius 1 is 1.28 bits per heavy atom. The van der Waals surface area contributed by atoms with Crippen LogP contribution in [0.15, 0.2) is 22.7 Å². The maximum absolute atomic E-state index is 14.4. The smallest absolute Gasteiger partial charge is 0.291 e. The van der Waals surface area contributed by atoms with Gasteiger partial charge in [0.05, 0.1) is 11.3 Å². The van der Waals surface area contributed by atoms with Gasteiger partial charge in [-0.15, -0.1) is 11.3 Å². The Labute approximate surface area is 174 Å². The summed E-state index contributed by atoms with van der Waals surface area (Å²) in [6.07, 6.45) is 2.21. The Kier molecular flexibility index (Phi) is 5.86. The molecule has 0 spiro atoms. The molecule has 3 rings (SSSR count). The van der Waals surface area contributed by atoms with Crippen LogP contribution in [0, 0.1) is 5.82 Å². The van der Waals surface area contributed by atoms with Crippen molar-refractivity contribution in [3.63, 3.8) is 0 Å². The third kappa shape index (κ3) is 4.51. The number of benzene rings is 1. The monoisotopic (exact) mass is 440 g/mol. The number of thiazole rings is 1. The highest BCUT2D eigenvalue weighted by Crippen LogP contribution is 2.47. The van der Waals surface area contributed by atoms with E-state index in [0.717, 1.165) is 16.9 Å². The van der Waals surface area contributed by atoms with Gasteiger partial charge in [0.2, 0.25) is 10.2 Å². The second-order valence-corrected chi connectivity index (χ2v) is 11.0. The van der Waals surface area contributed by atoms with Crippen LogP contribution in [0.4, 0.5) is 4.39 Å². The van der Waals surface area contributed by atoms with Gasteiger partial charge in [0.1, 0.15) is 11.4 Å². The third-order valence-electron chi connectivity index (χ3n) is 5.02. The van der Waals surface area contributed by atoms with Gasteiger partial charge in [-0.3, -0.25) is 4.79 Å². The predicted molar refractivity (Wildman–Crippen MR) is 109 cm³/mol. The van der Waals surface area contributed by atoms with Crippen LogP contribution in [0.5, 0.6) is 0 Å². The molecule has 29 heavy (non-hydrogen) atoms. The molecule has 2 N–H and O–H groups in total. The van der Waals surface area contributed by atoms with E-state index in [1.54, 1.807) is 6.07 Å². The first-order chi connectivity index (χ1) is 13.4. The highest BCUT2D eigenvalue weighted by Gasteiger charge is 2.44. The first-order valence-electron chi connectivity index (χ1n) is 9.50. The van der Waals surface area contributed by atoms with E-state index < -0.39 is 27.3 Å². The quantitative estimate of drug-likeness (QED) is 0.686. The van der Waals surface area contributed by atoms with E-state index in [1.807, 2.05) is 32.4 Å². The van der Waals surface area contributed by atoms with E-state index in [-0.39, 0.29) is 22.6 Å². The largest absolute Gasteiger partial charge is 0.384 e. The van der Waals surface area contributed by atoms with E-state index in [0.29, 0.717) is 28.8 Å². The van der Waals surface area contributed by atoms with Gasteiger partial charge < -0.3 is 5.11 Å². The van der Waals surface area contributed by atoms with Gasteiger partial charge >= 0.3 is 0 Å². The minimum Gasteiger partial charge on any atom is -0.384 e. The number of nitrogens with zero attached hydrogens (tertiary/aromatic N) is 1. The molecule has 1 aromatic heterocycles. The lowest BCUT2D eigenvalue weighted by Gasteiger charge is -2.20. The van der Waals surface area contributed by atoms with Gasteiger partial charge in [0.25, 0.3) is 10.0 Å². The second-order valence-electron chi connectivity index (χ2n) is 8.07. The summed E-state index contributed by atoms with van der Waals surface area (Å²) in [6.45, 7) is 7.55. The van der Waals surface area contributed by atoms with Crippen LogP contribution < -0.4 is 4.72 Å². The maximum atomic E-state index is 14.4. The molecule has 9 heteroatoms. The van der Waals surface area contributed by atoms with Crippen molar-refractivity contribution in [3.8, 4) is 0 Å². The average Bonchev–Trinajstić information content (AvgIpc) is 3.14. The van der Waals surface area contributed by atoms with E-state index in [2.05, 4.69) is 4.98 Å². The van der Waals surface area contributed by atoms with Gasteiger partial charge in [0.15, 0.2) is 0 Å². The SMILES string of the molecule is CC(C)c1ccc(F)c(C(C)C)c1CC(=O)NS(=O)(=O)c1ncc(C2(O)CC2)s1. The number of amides is 1. The fourth-order valence-electron chi connectivity index (χ4n) is 3.37. The number of aromatic nitrogens is 1. The normalized spacial score (nSPS) is 15.7. The number of rotatable bonds is 7. The molecule has 1 aliphatic carbocycles. The van der Waals surface area contributed by atoms with Crippen LogP contribution in [-0.4, -0.2) is 24.4 Å². The van der Waals surface area contributed by atoms with Crippen LogP contribution >= 0.6 is 11.3 Å². The molecule has 1 saturated carbocycles. The van der Waals surface area contributed by atoms with E-state index in [9.17, 15) is 22.7 Å². The van der Waals surface area contributed by atoms with Crippen molar-refractivity contribution in [2.45, 2.75) is 68.7 Å². The number of sulfonamides is 1. The number of aliphatic hydroxyl groups is 1. The Hall–Kier alpha value is -1.84. The highest BCUT2D eigenvalue weighted by atomic mass is 32.2. The van der Waals surface area contributed by atoms with Gasteiger partial charge in [-0.25, -0.2) is 14.1 Å². The summed E-state index contributed by atoms with van der Waals surface area (Å²) in [5.74, 6) is -1.26. The molecular formula is C20H25FN2O4S2. The number of carbonyl (C=O) groups is 1. The highest BCUT2D eigenvalue weighted by molar-refractivity contribution is 7.92. The average molecular weight is 441 g/mol. The molecule has 0 radical (unpaired) electrons. The summed E-state index contributed by atoms with van der Waals surface area (Å²) < 4.78 is 41.3. The summed E-state index contributed by atoms with van der Waals surface area (Å²) in [7, 11) is -4.16. The molecule has 1 fully saturated rings. The van der Waals surface area contributed by atoms with Gasteiger partial charge in [-0.1, -0.05) is 33.8 Å². The van der Waals surface area contributed by atoms with Crippen LogP contribution in [0.2, 0.25) is 0 Å². The first kappa shape index (κ1) is 21.9. The van der Waals surface area contributed by atoms with Gasteiger partial charge in [-0.2, -0.15) is 8.42 Å². The van der Waals surface area contributed by atoms with Crippen molar-refractivity contribution in [3.05, 3.63) is 45.7 Å². The molecule has 0 bridgehead atoms. The van der Waals surface area contributed by atoms with Crippen molar-refractivity contribution in [2.75, 3.05) is 0 Å². The molecule has 6 nitrogen and oxygen atoms in total. The third-order valence-corrected chi connectivity index (χ3v) is 7.98. The Bertz CT molecular complexity index is 1040. The molecule has 0 unspecified atom stereocenters. The molecule has 158 valence electrons. The summed E-state index contributed by atoms with van der Waals surface area (Å²) in [5.41, 5.74) is 0.774. The molecule has 0 saturated heterocycles. The molecule has 1 amide bonds. The second kappa shape index (κ2) is 7.77. The Balaban J connectivity index is 1.85. The number of carbonyl (C=O) groups excluding carboxylic acids is 1. The van der Waals surface area contributed by atoms with E-state index in [4.69, 9.17) is 0 Å². The molecule has 0 aliphatic heterocycles. The maximum Gasteiger partial charge on any atom is 0.291 e. The summed E-state index contributed by atoms with van der Waals surface area (Å²) >= 11 is 0.852. The molecule has 0 atom stereocenters. The number of halogens is 1. The lowest BCUT2D eigenvalue weighted by molar-refractivity contribution is -0.118. The van der Waals surface area contributed by atoms with Crippen molar-refractivity contribution in [1.29, 1.82) is 0 Å². The fourth-order valence-corrected chi connectivity index (χ4v) is 5.64. The zero-order valence-corrected chi connectivity index (χ0v) is 18.5. The standard InChI is InChI=1S/C20H25FN2O4S2/c1-11(2)13-5-6-15(21)18(12(3)4)14(13)9-17(24)23-29(26,27)19-22-10-16(28-19)20(25)7-8-20/h5-6,10-12,25H,7-9H2,1-4H3,(H,23,24). The summed E-state index contributed by atoms with van der Waals surface area (Å²) in [6, 6.07) is 3.04. The lowest BCUT2D eigenvalue weighted by atomic mass is 9.86. The molecule has 1 aromatic carbocycles. The zero-order chi connectivity index (χ0) is 21.6. The van der Waals surface area contributed by atoms with Gasteiger partial charge in [-0.05, 0) is 47.4 Å². The molecule has 2 aromatic rings. The number of nitrogens with one attached hydrogen (secondary N) is 1. The lowest BCUT2D eigenvalue weighted by Crippen LogP contribution is -2.32. The van der Waals surface area contributed by atoms with Crippen molar-refractivity contribution in [2.24, 2.45) is 0 Å². The fraction of sp³-hybridized carbons (Fsp3) is 0.500. The summed E-state index contributed by atoms with van der Waals surface area (Å²) in [4.78, 5) is 16.9. The van der Waals surface area contributed by atoms with E-state index in [1.165, 1.54) is 12.3 Å². The molecule has 1 aliphatic rings. The predicted octanol–water partition coefficient (Wildman–Crippen LogP) is 3.56. The zero-order valence-electron chi connectivity index (χ0n) is 16.8. The Morgan fingerprint density at radius 2 is 1.93 bits per heavy atom. The van der Waals surface area contributed by atoms with Crippen molar-refractivity contribution < 1.29 is 22.7 Å². The van der Waals surface area contributed by atoms with Crippen molar-refractivity contribution in [1.82, 2.24) is 9.71 Å². The van der Waals surface area contributed by atoms with Crippen LogP contribution in [0.3, 0.4) is 0 Å². The first-order valence-corrected chi connectivity index (χ1v) is 11.8. The molecule has 1 heterocycles. The Morgan fingerprint density at radius 3 is 2.48 bits per heavy atom. The number of hydrogen-bond acceptors (Lipinski definition) is 6. The van der Waals surface area contributed by atoms with Crippen molar-refractivity contribution >= 4 is 27.3 Å². The van der Waals surface area contributed by atoms with Crippen LogP contribution in [0.25, 0.3) is 0 Å². The van der Waals surface area contributed by atoms with Crippen LogP contribution in [-0.2, 0) is 26.8 Å². The van der Waals surface area contributed by atoms with E-state index >= 15 is 0 Å². The van der Waals surface area contributed by atoms with Gasteiger partial charge in [0, 0.05) is 6.20 Å². The topological polar surface area (TPSA) is 96.4 Å². The van der Waals surface area contributed by atoms with Crippen LogP contribution in [0.1, 0.15) is 73.9 Å². The summed E-state index contributed by atoms with van der Waals surface area (Å²) in [5, 5.41) is 10.1. The molecular weight excluding hydrogens is 415 g/mol. The number of hydrogen-bond donors (Lipinski definition) is 2. The minimum atomic E-state index is -4.16. The minimum absolute atomic E-state index is 0.0494.